The number of nitrogens with zero attached hydrogens (tertiary/aromatic N) is 4. The summed E-state index contributed by atoms with van der Waals surface area (Å²) in [5.74, 6) is 2.08. The number of piperidine rings is 1. The van der Waals surface area contributed by atoms with Gasteiger partial charge >= 0.3 is 0 Å². The van der Waals surface area contributed by atoms with Crippen LogP contribution in [0.5, 0.6) is 0 Å². The molecule has 6 heteroatoms. The number of hydrogen-bond acceptors (Lipinski definition) is 4. The predicted octanol–water partition coefficient (Wildman–Crippen LogP) is 2.48. The molecule has 0 bridgehead atoms. The zero-order valence-corrected chi connectivity index (χ0v) is 15.4. The van der Waals surface area contributed by atoms with Gasteiger partial charge in [-0.3, -0.25) is 4.79 Å². The second-order valence-electron chi connectivity index (χ2n) is 6.93. The molecule has 0 saturated carbocycles. The highest BCUT2D eigenvalue weighted by Crippen LogP contribution is 2.21. The van der Waals surface area contributed by atoms with Crippen molar-refractivity contribution in [3.8, 4) is 0 Å². The molecule has 1 atom stereocenters. The minimum absolute atomic E-state index is 0.344. The average Bonchev–Trinajstić information content (AvgIpc) is 3.30. The molecule has 2 aliphatic heterocycles. The van der Waals surface area contributed by atoms with Gasteiger partial charge < -0.3 is 14.4 Å². The normalized spacial score (nSPS) is 22.2. The molecule has 2 aliphatic rings. The lowest BCUT2D eigenvalue weighted by atomic mass is 9.99. The van der Waals surface area contributed by atoms with Crippen molar-refractivity contribution < 1.29 is 4.79 Å². The molecular formula is C18H30N4OS. The molecular weight excluding hydrogens is 320 g/mol. The molecule has 0 unspecified atom stereocenters. The number of carbonyl (C=O) groups excluding carboxylic acids is 1. The van der Waals surface area contributed by atoms with Crippen molar-refractivity contribution in [2.45, 2.75) is 51.1 Å². The molecule has 0 radical (unpaired) electrons. The molecule has 0 spiro atoms. The summed E-state index contributed by atoms with van der Waals surface area (Å²) in [4.78, 5) is 21.4. The number of rotatable bonds is 8. The third kappa shape index (κ3) is 5.24. The second kappa shape index (κ2) is 9.47. The van der Waals surface area contributed by atoms with Gasteiger partial charge in [0.25, 0.3) is 0 Å². The van der Waals surface area contributed by atoms with Crippen molar-refractivity contribution in [2.24, 2.45) is 0 Å². The van der Waals surface area contributed by atoms with E-state index in [1.54, 1.807) is 0 Å². The number of thioether (sulfide) groups is 1. The van der Waals surface area contributed by atoms with Crippen molar-refractivity contribution in [3.63, 3.8) is 0 Å². The predicted molar refractivity (Wildman–Crippen MR) is 99.2 cm³/mol. The summed E-state index contributed by atoms with van der Waals surface area (Å²) in [6.07, 6.45) is 13.0. The molecule has 0 aromatic carbocycles. The number of likely N-dealkylation sites (tertiary alicyclic amines) is 2. The van der Waals surface area contributed by atoms with Crippen LogP contribution in [0.15, 0.2) is 18.7 Å². The Morgan fingerprint density at radius 3 is 2.75 bits per heavy atom. The van der Waals surface area contributed by atoms with Crippen LogP contribution in [0, 0.1) is 0 Å². The van der Waals surface area contributed by atoms with Crippen LogP contribution in [0.25, 0.3) is 0 Å². The zero-order chi connectivity index (χ0) is 16.6. The second-order valence-corrected chi connectivity index (χ2v) is 8.03. The molecule has 0 aliphatic carbocycles. The summed E-state index contributed by atoms with van der Waals surface area (Å²) in [6.45, 7) is 5.53. The van der Waals surface area contributed by atoms with Crippen LogP contribution in [0.4, 0.5) is 0 Å². The minimum Gasteiger partial charge on any atom is -0.339 e. The first kappa shape index (κ1) is 17.8. The maximum atomic E-state index is 12.6. The van der Waals surface area contributed by atoms with Crippen LogP contribution in [-0.2, 0) is 11.3 Å². The largest absolute Gasteiger partial charge is 0.339 e. The highest BCUT2D eigenvalue weighted by atomic mass is 32.2. The van der Waals surface area contributed by atoms with Crippen molar-refractivity contribution in [1.29, 1.82) is 0 Å². The lowest BCUT2D eigenvalue weighted by Gasteiger charge is -2.36. The summed E-state index contributed by atoms with van der Waals surface area (Å²) < 4.78 is 2.11. The van der Waals surface area contributed by atoms with Crippen LogP contribution in [0.2, 0.25) is 0 Å². The SMILES string of the molecule is O=C(CSCCN1CCCC1)N1CCCC[C@H]1CCn1ccnc1. The topological polar surface area (TPSA) is 41.4 Å². The van der Waals surface area contributed by atoms with E-state index < -0.39 is 0 Å². The monoisotopic (exact) mass is 350 g/mol. The Labute approximate surface area is 149 Å². The maximum absolute atomic E-state index is 12.6. The summed E-state index contributed by atoms with van der Waals surface area (Å²) >= 11 is 1.81. The van der Waals surface area contributed by atoms with Crippen LogP contribution in [0.3, 0.4) is 0 Å². The summed E-state index contributed by atoms with van der Waals surface area (Å²) in [5.41, 5.74) is 0. The summed E-state index contributed by atoms with van der Waals surface area (Å²) in [7, 11) is 0. The van der Waals surface area contributed by atoms with E-state index in [9.17, 15) is 4.79 Å². The van der Waals surface area contributed by atoms with Gasteiger partial charge in [-0.25, -0.2) is 4.98 Å². The number of aryl methyl sites for hydroxylation is 1. The van der Waals surface area contributed by atoms with Gasteiger partial charge in [-0.15, -0.1) is 0 Å². The Bertz CT molecular complexity index is 487. The van der Waals surface area contributed by atoms with Crippen LogP contribution >= 0.6 is 11.8 Å². The minimum atomic E-state index is 0.344. The van der Waals surface area contributed by atoms with Crippen LogP contribution in [0.1, 0.15) is 38.5 Å². The van der Waals surface area contributed by atoms with Gasteiger partial charge in [0.15, 0.2) is 0 Å². The van der Waals surface area contributed by atoms with Gasteiger partial charge in [0, 0.05) is 43.8 Å². The van der Waals surface area contributed by atoms with Gasteiger partial charge in [0.2, 0.25) is 5.91 Å². The average molecular weight is 351 g/mol. The van der Waals surface area contributed by atoms with E-state index in [4.69, 9.17) is 0 Å². The Morgan fingerprint density at radius 2 is 1.96 bits per heavy atom. The highest BCUT2D eigenvalue weighted by Gasteiger charge is 2.26. The number of carbonyl (C=O) groups is 1. The Hall–Kier alpha value is -1.01. The van der Waals surface area contributed by atoms with E-state index in [2.05, 4.69) is 19.4 Å². The smallest absolute Gasteiger partial charge is 0.232 e. The van der Waals surface area contributed by atoms with E-state index in [0.29, 0.717) is 17.7 Å². The number of imidazole rings is 1. The van der Waals surface area contributed by atoms with Crippen molar-refractivity contribution >= 4 is 17.7 Å². The fourth-order valence-electron chi connectivity index (χ4n) is 3.79. The van der Waals surface area contributed by atoms with E-state index >= 15 is 0 Å². The Morgan fingerprint density at radius 1 is 1.12 bits per heavy atom. The van der Waals surface area contributed by atoms with Crippen LogP contribution < -0.4 is 0 Å². The standard InChI is InChI=1S/C18H30N4OS/c23-18(15-24-14-13-20-8-3-4-9-20)22-10-2-1-5-17(22)6-11-21-12-7-19-16-21/h7,12,16-17H,1-6,8-11,13-15H2/t17-/m0/s1. The molecule has 1 aromatic rings. The fourth-order valence-corrected chi connectivity index (χ4v) is 4.66. The van der Waals surface area contributed by atoms with Crippen molar-refractivity contribution in [2.75, 3.05) is 37.7 Å². The van der Waals surface area contributed by atoms with Gasteiger partial charge in [-0.1, -0.05) is 0 Å². The lowest BCUT2D eigenvalue weighted by molar-refractivity contribution is -0.132. The van der Waals surface area contributed by atoms with E-state index in [1.165, 1.54) is 32.4 Å². The van der Waals surface area contributed by atoms with Crippen molar-refractivity contribution in [3.05, 3.63) is 18.7 Å². The zero-order valence-electron chi connectivity index (χ0n) is 14.6. The number of aromatic nitrogens is 2. The fraction of sp³-hybridized carbons (Fsp3) is 0.778. The molecule has 24 heavy (non-hydrogen) atoms. The first-order chi connectivity index (χ1) is 11.8. The molecule has 0 N–H and O–H groups in total. The molecule has 3 heterocycles. The summed E-state index contributed by atoms with van der Waals surface area (Å²) in [6, 6.07) is 0.410. The first-order valence-electron chi connectivity index (χ1n) is 9.38. The molecule has 2 fully saturated rings. The highest BCUT2D eigenvalue weighted by molar-refractivity contribution is 7.99. The van der Waals surface area contributed by atoms with Gasteiger partial charge in [-0.2, -0.15) is 11.8 Å². The van der Waals surface area contributed by atoms with Crippen LogP contribution in [-0.4, -0.2) is 69.0 Å². The molecule has 1 aromatic heterocycles. The van der Waals surface area contributed by atoms with Crippen molar-refractivity contribution in [1.82, 2.24) is 19.4 Å². The van der Waals surface area contributed by atoms with Gasteiger partial charge in [-0.05, 0) is 51.6 Å². The van der Waals surface area contributed by atoms with Gasteiger partial charge in [0.05, 0.1) is 12.1 Å². The Kier molecular flexibility index (Phi) is 7.02. The van der Waals surface area contributed by atoms with E-state index in [-0.39, 0.29) is 0 Å². The maximum Gasteiger partial charge on any atom is 0.232 e. The molecule has 3 rings (SSSR count). The number of amides is 1. The molecule has 2 saturated heterocycles. The lowest BCUT2D eigenvalue weighted by Crippen LogP contribution is -2.45. The molecule has 1 amide bonds. The third-order valence-corrected chi connectivity index (χ3v) is 6.13. The number of hydrogen-bond donors (Lipinski definition) is 0. The van der Waals surface area contributed by atoms with Gasteiger partial charge in [0.1, 0.15) is 0 Å². The van der Waals surface area contributed by atoms with E-state index in [1.807, 2.05) is 30.5 Å². The first-order valence-corrected chi connectivity index (χ1v) is 10.5. The molecule has 5 nitrogen and oxygen atoms in total. The Balaban J connectivity index is 1.39. The van der Waals surface area contributed by atoms with E-state index in [0.717, 1.165) is 44.6 Å². The summed E-state index contributed by atoms with van der Waals surface area (Å²) in [5, 5.41) is 0. The molecule has 134 valence electrons. The quantitative estimate of drug-likeness (QED) is 0.676. The third-order valence-electron chi connectivity index (χ3n) is 5.20.